The van der Waals surface area contributed by atoms with Crippen molar-refractivity contribution in [2.45, 2.75) is 18.7 Å². The molecule has 1 heterocycles. The molecule has 0 atom stereocenters. The summed E-state index contributed by atoms with van der Waals surface area (Å²) in [6, 6.07) is 14.7. The van der Waals surface area contributed by atoms with Gasteiger partial charge < -0.3 is 15.7 Å². The van der Waals surface area contributed by atoms with E-state index in [0.29, 0.717) is 10.8 Å². The fraction of sp³-hybridized carbons (Fsp3) is 0.111. The van der Waals surface area contributed by atoms with Gasteiger partial charge in [0.15, 0.2) is 5.13 Å². The number of thiazole rings is 1. The largest absolute Gasteiger partial charge is 0.478 e. The molecule has 1 aromatic heterocycles. The Morgan fingerprint density at radius 2 is 1.45 bits per heavy atom. The first kappa shape index (κ1) is 30.2. The van der Waals surface area contributed by atoms with Gasteiger partial charge in [-0.25, -0.2) is 9.78 Å². The second-order valence-corrected chi connectivity index (χ2v) is 12.2. The topological polar surface area (TPSA) is 108 Å². The average molecular weight is 655 g/mol. The Kier molecular flexibility index (Phi) is 9.66. The molecule has 0 aliphatic rings. The van der Waals surface area contributed by atoms with Gasteiger partial charge in [-0.15, -0.1) is 23.1 Å². The van der Waals surface area contributed by atoms with Crippen LogP contribution in [0.15, 0.2) is 53.4 Å². The molecule has 0 unspecified atom stereocenters. The van der Waals surface area contributed by atoms with Gasteiger partial charge in [-0.1, -0.05) is 76.2 Å². The molecule has 0 aliphatic heterocycles. The highest BCUT2D eigenvalue weighted by Crippen LogP contribution is 2.42. The zero-order chi connectivity index (χ0) is 29.1. The first-order chi connectivity index (χ1) is 19.0. The summed E-state index contributed by atoms with van der Waals surface area (Å²) in [7, 11) is 0. The van der Waals surface area contributed by atoms with Crippen molar-refractivity contribution in [1.82, 2.24) is 4.98 Å². The quantitative estimate of drug-likeness (QED) is 0.0996. The van der Waals surface area contributed by atoms with E-state index in [-0.39, 0.29) is 26.7 Å². The fourth-order valence-electron chi connectivity index (χ4n) is 3.61. The number of rotatable bonds is 8. The van der Waals surface area contributed by atoms with Crippen LogP contribution in [0.25, 0.3) is 11.3 Å². The normalized spacial score (nSPS) is 10.8. The Morgan fingerprint density at radius 3 is 2.05 bits per heavy atom. The molecule has 0 spiro atoms. The Morgan fingerprint density at radius 1 is 0.850 bits per heavy atom. The zero-order valence-corrected chi connectivity index (χ0v) is 25.4. The number of hydrogen-bond donors (Lipinski definition) is 3. The molecule has 0 aliphatic carbocycles. The van der Waals surface area contributed by atoms with Gasteiger partial charge in [0.1, 0.15) is 0 Å². The number of halogens is 4. The van der Waals surface area contributed by atoms with Gasteiger partial charge in [-0.3, -0.25) is 9.59 Å². The van der Waals surface area contributed by atoms with Gasteiger partial charge in [0.05, 0.1) is 42.7 Å². The predicted octanol–water partition coefficient (Wildman–Crippen LogP) is 8.72. The van der Waals surface area contributed by atoms with E-state index >= 15 is 0 Å². The third kappa shape index (κ3) is 6.74. The fourth-order valence-corrected chi connectivity index (χ4v) is 6.18. The molecule has 206 valence electrons. The van der Waals surface area contributed by atoms with E-state index in [9.17, 15) is 19.5 Å². The number of aryl methyl sites for hydroxylation is 2. The summed E-state index contributed by atoms with van der Waals surface area (Å²) in [5, 5.41) is 14.3. The standard InChI is InChI=1S/C27H19Cl4N3O4S2/c1-12-3-5-14(6-4-12)24-13(2)40-27(34-24)33-17(35)11-39-16-9-7-15(8-10-16)32-25(36)18-19(26(37)38)21(29)23(31)22(30)20(18)28/h3-10H,11H2,1-2H3,(H,32,36)(H,37,38)(H,33,34,35). The van der Waals surface area contributed by atoms with Crippen LogP contribution >= 0.6 is 69.5 Å². The van der Waals surface area contributed by atoms with Crippen LogP contribution in [0.4, 0.5) is 10.8 Å². The first-order valence-electron chi connectivity index (χ1n) is 11.4. The maximum absolute atomic E-state index is 12.9. The summed E-state index contributed by atoms with van der Waals surface area (Å²) < 4.78 is 0. The predicted molar refractivity (Wildman–Crippen MR) is 164 cm³/mol. The van der Waals surface area contributed by atoms with Crippen LogP contribution in [-0.4, -0.2) is 33.6 Å². The molecule has 0 saturated heterocycles. The van der Waals surface area contributed by atoms with Gasteiger partial charge in [0, 0.05) is 21.0 Å². The molecule has 3 aromatic carbocycles. The van der Waals surface area contributed by atoms with Gasteiger partial charge >= 0.3 is 5.97 Å². The number of nitrogens with zero attached hydrogens (tertiary/aromatic N) is 1. The molecule has 40 heavy (non-hydrogen) atoms. The van der Waals surface area contributed by atoms with Crippen molar-refractivity contribution < 1.29 is 19.5 Å². The number of carbonyl (C=O) groups excluding carboxylic acids is 2. The molecule has 13 heteroatoms. The third-order valence-electron chi connectivity index (χ3n) is 5.56. The van der Waals surface area contributed by atoms with Crippen LogP contribution in [0.3, 0.4) is 0 Å². The Hall–Kier alpha value is -2.79. The molecule has 0 fully saturated rings. The van der Waals surface area contributed by atoms with Crippen molar-refractivity contribution in [2.75, 3.05) is 16.4 Å². The smallest absolute Gasteiger partial charge is 0.338 e. The molecule has 2 amide bonds. The van der Waals surface area contributed by atoms with Crippen LogP contribution in [0, 0.1) is 13.8 Å². The van der Waals surface area contributed by atoms with E-state index in [1.54, 1.807) is 24.3 Å². The minimum Gasteiger partial charge on any atom is -0.478 e. The number of aromatic nitrogens is 1. The monoisotopic (exact) mass is 653 g/mol. The molecule has 3 N–H and O–H groups in total. The summed E-state index contributed by atoms with van der Waals surface area (Å²) in [6.45, 7) is 3.98. The Bertz CT molecular complexity index is 1620. The van der Waals surface area contributed by atoms with E-state index in [4.69, 9.17) is 46.4 Å². The highest BCUT2D eigenvalue weighted by Gasteiger charge is 2.29. The lowest BCUT2D eigenvalue weighted by atomic mass is 10.1. The van der Waals surface area contributed by atoms with E-state index in [2.05, 4.69) is 15.6 Å². The Balaban J connectivity index is 1.38. The molecule has 4 aromatic rings. The molecule has 0 bridgehead atoms. The van der Waals surface area contributed by atoms with Gasteiger partial charge in [0.2, 0.25) is 5.91 Å². The second-order valence-electron chi connectivity index (χ2n) is 8.42. The summed E-state index contributed by atoms with van der Waals surface area (Å²) in [6.07, 6.45) is 0. The van der Waals surface area contributed by atoms with Crippen LogP contribution in [0.1, 0.15) is 31.2 Å². The number of thioether (sulfide) groups is 1. The number of carbonyl (C=O) groups is 3. The van der Waals surface area contributed by atoms with E-state index in [1.807, 2.05) is 38.1 Å². The first-order valence-corrected chi connectivity index (χ1v) is 14.8. The van der Waals surface area contributed by atoms with Crippen molar-refractivity contribution in [2.24, 2.45) is 0 Å². The highest BCUT2D eigenvalue weighted by molar-refractivity contribution is 8.00. The molecular formula is C27H19Cl4N3O4S2. The maximum atomic E-state index is 12.9. The summed E-state index contributed by atoms with van der Waals surface area (Å²) >= 11 is 26.8. The van der Waals surface area contributed by atoms with Crippen molar-refractivity contribution in [1.29, 1.82) is 0 Å². The van der Waals surface area contributed by atoms with E-state index in [1.165, 1.54) is 23.1 Å². The molecule has 4 rings (SSSR count). The molecular weight excluding hydrogens is 636 g/mol. The summed E-state index contributed by atoms with van der Waals surface area (Å²) in [5.41, 5.74) is 2.38. The summed E-state index contributed by atoms with van der Waals surface area (Å²) in [5.74, 6) is -2.38. The lowest BCUT2D eigenvalue weighted by Gasteiger charge is -2.14. The van der Waals surface area contributed by atoms with Crippen molar-refractivity contribution in [3.8, 4) is 11.3 Å². The average Bonchev–Trinajstić information content (AvgIpc) is 3.28. The number of anilines is 2. The maximum Gasteiger partial charge on any atom is 0.338 e. The number of amides is 2. The lowest BCUT2D eigenvalue weighted by Crippen LogP contribution is -2.18. The van der Waals surface area contributed by atoms with Crippen LogP contribution in [-0.2, 0) is 4.79 Å². The van der Waals surface area contributed by atoms with Crippen LogP contribution in [0.5, 0.6) is 0 Å². The zero-order valence-electron chi connectivity index (χ0n) is 20.8. The number of aromatic carboxylic acids is 1. The third-order valence-corrected chi connectivity index (χ3v) is 9.26. The van der Waals surface area contributed by atoms with Crippen molar-refractivity contribution >= 4 is 98.1 Å². The molecule has 0 saturated carbocycles. The summed E-state index contributed by atoms with van der Waals surface area (Å²) in [4.78, 5) is 43.5. The minimum atomic E-state index is -1.49. The van der Waals surface area contributed by atoms with Crippen LogP contribution < -0.4 is 10.6 Å². The SMILES string of the molecule is Cc1ccc(-c2nc(NC(=O)CSc3ccc(NC(=O)c4c(Cl)c(Cl)c(Cl)c(Cl)c4C(=O)O)cc3)sc2C)cc1. The molecule has 0 radical (unpaired) electrons. The lowest BCUT2D eigenvalue weighted by molar-refractivity contribution is -0.113. The number of benzene rings is 3. The number of carboxylic acids is 1. The van der Waals surface area contributed by atoms with Gasteiger partial charge in [0.25, 0.3) is 5.91 Å². The van der Waals surface area contributed by atoms with E-state index in [0.717, 1.165) is 26.6 Å². The van der Waals surface area contributed by atoms with Crippen molar-refractivity contribution in [3.05, 3.63) is 90.2 Å². The van der Waals surface area contributed by atoms with Crippen LogP contribution in [0.2, 0.25) is 20.1 Å². The Labute approximate surface area is 257 Å². The van der Waals surface area contributed by atoms with Crippen molar-refractivity contribution in [3.63, 3.8) is 0 Å². The number of carboxylic acid groups (broad SMARTS) is 1. The van der Waals surface area contributed by atoms with Gasteiger partial charge in [-0.2, -0.15) is 0 Å². The number of hydrogen-bond acceptors (Lipinski definition) is 6. The highest BCUT2D eigenvalue weighted by atomic mass is 35.5. The van der Waals surface area contributed by atoms with Gasteiger partial charge in [-0.05, 0) is 38.1 Å². The molecule has 7 nitrogen and oxygen atoms in total. The second kappa shape index (κ2) is 12.8. The van der Waals surface area contributed by atoms with E-state index < -0.39 is 28.0 Å². The minimum absolute atomic E-state index is 0.142. The number of nitrogens with one attached hydrogen (secondary N) is 2.